The first kappa shape index (κ1) is 13.5. The van der Waals surface area contributed by atoms with Gasteiger partial charge in [0.1, 0.15) is 12.4 Å². The van der Waals surface area contributed by atoms with Crippen LogP contribution in [0.25, 0.3) is 0 Å². The van der Waals surface area contributed by atoms with Crippen LogP contribution in [0, 0.1) is 0 Å². The fraction of sp³-hybridized carbons (Fsp3) is 0.636. The molecule has 0 saturated carbocycles. The quantitative estimate of drug-likeness (QED) is 0.644. The molecule has 96 valence electrons. The second kappa shape index (κ2) is 7.67. The maximum atomic E-state index is 11.5. The standard InChI is InChI=1S/C11H20N4O2/c1-2-7-17-8-3-5-13-11(16)9-15-6-4-10(12)14-15/h4,6H,2-3,5,7-9H2,1H3,(H2,12,14)(H,13,16). The monoisotopic (exact) mass is 240 g/mol. The summed E-state index contributed by atoms with van der Waals surface area (Å²) in [7, 11) is 0. The largest absolute Gasteiger partial charge is 0.382 e. The number of nitrogens with zero attached hydrogens (tertiary/aromatic N) is 2. The van der Waals surface area contributed by atoms with Gasteiger partial charge in [0.2, 0.25) is 5.91 Å². The van der Waals surface area contributed by atoms with Gasteiger partial charge in [-0.1, -0.05) is 6.92 Å². The van der Waals surface area contributed by atoms with Gasteiger partial charge in [-0.2, -0.15) is 5.10 Å². The number of carbonyl (C=O) groups is 1. The van der Waals surface area contributed by atoms with Crippen LogP contribution in [0.2, 0.25) is 0 Å². The zero-order valence-electron chi connectivity index (χ0n) is 10.2. The summed E-state index contributed by atoms with van der Waals surface area (Å²) in [4.78, 5) is 11.5. The molecular weight excluding hydrogens is 220 g/mol. The van der Waals surface area contributed by atoms with Gasteiger partial charge >= 0.3 is 0 Å². The number of hydrogen-bond acceptors (Lipinski definition) is 4. The maximum absolute atomic E-state index is 11.5. The summed E-state index contributed by atoms with van der Waals surface area (Å²) in [5, 5.41) is 6.73. The highest BCUT2D eigenvalue weighted by Crippen LogP contribution is 1.94. The van der Waals surface area contributed by atoms with E-state index in [1.54, 1.807) is 12.3 Å². The Morgan fingerprint density at radius 2 is 2.41 bits per heavy atom. The third-order valence-electron chi connectivity index (χ3n) is 2.10. The number of aromatic nitrogens is 2. The van der Waals surface area contributed by atoms with E-state index in [1.807, 2.05) is 0 Å². The van der Waals surface area contributed by atoms with Crippen molar-refractivity contribution in [1.29, 1.82) is 0 Å². The van der Waals surface area contributed by atoms with E-state index in [-0.39, 0.29) is 12.5 Å². The molecule has 17 heavy (non-hydrogen) atoms. The Balaban J connectivity index is 2.05. The van der Waals surface area contributed by atoms with E-state index in [1.165, 1.54) is 4.68 Å². The molecule has 0 atom stereocenters. The lowest BCUT2D eigenvalue weighted by Crippen LogP contribution is -2.29. The highest BCUT2D eigenvalue weighted by Gasteiger charge is 2.02. The molecule has 0 saturated heterocycles. The molecule has 0 aliphatic rings. The van der Waals surface area contributed by atoms with E-state index in [0.29, 0.717) is 19.0 Å². The molecule has 0 fully saturated rings. The number of amides is 1. The number of nitrogen functional groups attached to an aromatic ring is 1. The Morgan fingerprint density at radius 1 is 1.59 bits per heavy atom. The van der Waals surface area contributed by atoms with Crippen molar-refractivity contribution in [3.05, 3.63) is 12.3 Å². The first-order valence-corrected chi connectivity index (χ1v) is 5.85. The SMILES string of the molecule is CCCOCCCNC(=O)Cn1ccc(N)n1. The molecule has 0 aliphatic carbocycles. The molecule has 0 bridgehead atoms. The lowest BCUT2D eigenvalue weighted by Gasteiger charge is -2.05. The molecule has 3 N–H and O–H groups in total. The zero-order chi connectivity index (χ0) is 12.5. The molecule has 1 aromatic rings. The van der Waals surface area contributed by atoms with Crippen LogP contribution >= 0.6 is 0 Å². The number of carbonyl (C=O) groups excluding carboxylic acids is 1. The topological polar surface area (TPSA) is 82.2 Å². The van der Waals surface area contributed by atoms with Gasteiger partial charge in [-0.05, 0) is 18.9 Å². The Kier molecular flexibility index (Phi) is 6.09. The number of ether oxygens (including phenoxy) is 1. The number of nitrogens with two attached hydrogens (primary N) is 1. The van der Waals surface area contributed by atoms with Gasteiger partial charge in [0.05, 0.1) is 0 Å². The van der Waals surface area contributed by atoms with Gasteiger partial charge in [-0.15, -0.1) is 0 Å². The molecule has 6 nitrogen and oxygen atoms in total. The molecule has 0 radical (unpaired) electrons. The van der Waals surface area contributed by atoms with Crippen molar-refractivity contribution in [2.75, 3.05) is 25.5 Å². The van der Waals surface area contributed by atoms with Gasteiger partial charge in [-0.25, -0.2) is 0 Å². The second-order valence-corrected chi connectivity index (χ2v) is 3.75. The minimum absolute atomic E-state index is 0.0661. The van der Waals surface area contributed by atoms with Crippen molar-refractivity contribution in [3.63, 3.8) is 0 Å². The number of nitrogens with one attached hydrogen (secondary N) is 1. The molecule has 0 aliphatic heterocycles. The molecule has 0 spiro atoms. The Hall–Kier alpha value is -1.56. The fourth-order valence-electron chi connectivity index (χ4n) is 1.32. The van der Waals surface area contributed by atoms with E-state index in [2.05, 4.69) is 17.3 Å². The van der Waals surface area contributed by atoms with Crippen LogP contribution in [0.5, 0.6) is 0 Å². The summed E-state index contributed by atoms with van der Waals surface area (Å²) < 4.78 is 6.81. The lowest BCUT2D eigenvalue weighted by molar-refractivity contribution is -0.121. The van der Waals surface area contributed by atoms with Gasteiger partial charge in [0.25, 0.3) is 0 Å². The summed E-state index contributed by atoms with van der Waals surface area (Å²) in [5.74, 6) is 0.356. The Labute approximate surface area is 101 Å². The van der Waals surface area contributed by atoms with E-state index >= 15 is 0 Å². The van der Waals surface area contributed by atoms with E-state index in [0.717, 1.165) is 19.4 Å². The first-order valence-electron chi connectivity index (χ1n) is 5.85. The zero-order valence-corrected chi connectivity index (χ0v) is 10.2. The molecule has 1 heterocycles. The Morgan fingerprint density at radius 3 is 3.06 bits per heavy atom. The molecule has 6 heteroatoms. The van der Waals surface area contributed by atoms with Crippen molar-refractivity contribution < 1.29 is 9.53 Å². The predicted molar refractivity (Wildman–Crippen MR) is 65.4 cm³/mol. The molecule has 1 amide bonds. The minimum atomic E-state index is -0.0661. The van der Waals surface area contributed by atoms with Crippen molar-refractivity contribution in [2.24, 2.45) is 0 Å². The van der Waals surface area contributed by atoms with Gasteiger partial charge in [0.15, 0.2) is 0 Å². The fourth-order valence-corrected chi connectivity index (χ4v) is 1.32. The van der Waals surface area contributed by atoms with Crippen LogP contribution in [-0.4, -0.2) is 35.4 Å². The predicted octanol–water partition coefficient (Wildman–Crippen LogP) is 0.398. The van der Waals surface area contributed by atoms with Crippen LogP contribution in [0.4, 0.5) is 5.82 Å². The molecule has 1 rings (SSSR count). The number of rotatable bonds is 8. The highest BCUT2D eigenvalue weighted by atomic mass is 16.5. The normalized spacial score (nSPS) is 10.4. The average molecular weight is 240 g/mol. The summed E-state index contributed by atoms with van der Waals surface area (Å²) in [6, 6.07) is 1.66. The van der Waals surface area contributed by atoms with Crippen molar-refractivity contribution >= 4 is 11.7 Å². The van der Waals surface area contributed by atoms with Crippen molar-refractivity contribution in [3.8, 4) is 0 Å². The van der Waals surface area contributed by atoms with Crippen LogP contribution in [0.1, 0.15) is 19.8 Å². The molecular formula is C11H20N4O2. The molecule has 1 aromatic heterocycles. The number of hydrogen-bond donors (Lipinski definition) is 2. The average Bonchev–Trinajstić information content (AvgIpc) is 2.69. The summed E-state index contributed by atoms with van der Waals surface area (Å²) in [5.41, 5.74) is 5.44. The van der Waals surface area contributed by atoms with Crippen LogP contribution in [0.3, 0.4) is 0 Å². The maximum Gasteiger partial charge on any atom is 0.241 e. The summed E-state index contributed by atoms with van der Waals surface area (Å²) in [6.45, 7) is 4.35. The smallest absolute Gasteiger partial charge is 0.241 e. The summed E-state index contributed by atoms with van der Waals surface area (Å²) >= 11 is 0. The second-order valence-electron chi connectivity index (χ2n) is 3.75. The van der Waals surface area contributed by atoms with Gasteiger partial charge in [-0.3, -0.25) is 9.48 Å². The van der Waals surface area contributed by atoms with Crippen molar-refractivity contribution in [1.82, 2.24) is 15.1 Å². The Bertz CT molecular complexity index is 338. The first-order chi connectivity index (χ1) is 8.22. The van der Waals surface area contributed by atoms with Gasteiger partial charge in [0, 0.05) is 26.0 Å². The van der Waals surface area contributed by atoms with E-state index in [9.17, 15) is 4.79 Å². The minimum Gasteiger partial charge on any atom is -0.382 e. The highest BCUT2D eigenvalue weighted by molar-refractivity contribution is 5.75. The van der Waals surface area contributed by atoms with Crippen molar-refractivity contribution in [2.45, 2.75) is 26.3 Å². The van der Waals surface area contributed by atoms with Crippen LogP contribution in [0.15, 0.2) is 12.3 Å². The third-order valence-corrected chi connectivity index (χ3v) is 2.10. The van der Waals surface area contributed by atoms with Crippen LogP contribution < -0.4 is 11.1 Å². The van der Waals surface area contributed by atoms with Gasteiger partial charge < -0.3 is 15.8 Å². The third kappa shape index (κ3) is 5.91. The van der Waals surface area contributed by atoms with Crippen LogP contribution in [-0.2, 0) is 16.1 Å². The summed E-state index contributed by atoms with van der Waals surface area (Å²) in [6.07, 6.45) is 3.53. The molecule has 0 aromatic carbocycles. The number of anilines is 1. The lowest BCUT2D eigenvalue weighted by atomic mass is 10.4. The molecule has 0 unspecified atom stereocenters. The van der Waals surface area contributed by atoms with E-state index < -0.39 is 0 Å². The van der Waals surface area contributed by atoms with E-state index in [4.69, 9.17) is 10.5 Å².